The summed E-state index contributed by atoms with van der Waals surface area (Å²) in [7, 11) is 0. The highest BCUT2D eigenvalue weighted by Gasteiger charge is 2.15. The Morgan fingerprint density at radius 2 is 2.11 bits per heavy atom. The molecule has 0 aliphatic carbocycles. The predicted octanol–water partition coefficient (Wildman–Crippen LogP) is 3.54. The number of ether oxygens (including phenoxy) is 1. The van der Waals surface area contributed by atoms with Crippen molar-refractivity contribution in [1.82, 2.24) is 5.32 Å². The lowest BCUT2D eigenvalue weighted by molar-refractivity contribution is 0.131. The zero-order chi connectivity index (χ0) is 13.7. The van der Waals surface area contributed by atoms with Gasteiger partial charge in [0.15, 0.2) is 0 Å². The maximum Gasteiger partial charge on any atom is 0.411 e. The maximum atomic E-state index is 11.7. The fourth-order valence-corrected chi connectivity index (χ4v) is 2.32. The molecule has 2 N–H and O–H groups in total. The first-order valence-electron chi connectivity index (χ1n) is 6.24. The summed E-state index contributed by atoms with van der Waals surface area (Å²) in [5.74, 6) is 0.432. The van der Waals surface area contributed by atoms with Gasteiger partial charge in [-0.25, -0.2) is 4.79 Å². The Kier molecular flexibility index (Phi) is 5.31. The molecule has 0 radical (unpaired) electrons. The average molecular weight is 303 g/mol. The van der Waals surface area contributed by atoms with Crippen molar-refractivity contribution in [2.45, 2.75) is 12.8 Å². The highest BCUT2D eigenvalue weighted by atomic mass is 35.5. The van der Waals surface area contributed by atoms with E-state index in [0.717, 1.165) is 25.9 Å². The van der Waals surface area contributed by atoms with Crippen LogP contribution in [-0.2, 0) is 4.74 Å². The Balaban J connectivity index is 1.81. The van der Waals surface area contributed by atoms with E-state index in [1.807, 2.05) is 0 Å². The molecule has 1 aromatic rings. The second kappa shape index (κ2) is 6.98. The first-order valence-corrected chi connectivity index (χ1v) is 7.00. The molecule has 2 rings (SSSR count). The van der Waals surface area contributed by atoms with Crippen LogP contribution >= 0.6 is 23.2 Å². The molecule has 1 aliphatic rings. The summed E-state index contributed by atoms with van der Waals surface area (Å²) in [5.41, 5.74) is 0.462. The maximum absolute atomic E-state index is 11.7. The third kappa shape index (κ3) is 4.56. The molecule has 1 amide bonds. The zero-order valence-corrected chi connectivity index (χ0v) is 11.9. The van der Waals surface area contributed by atoms with Crippen LogP contribution in [0.25, 0.3) is 0 Å². The van der Waals surface area contributed by atoms with Gasteiger partial charge in [-0.05, 0) is 50.0 Å². The number of anilines is 1. The van der Waals surface area contributed by atoms with E-state index in [1.165, 1.54) is 0 Å². The molecular formula is C13H16Cl2N2O2. The van der Waals surface area contributed by atoms with E-state index < -0.39 is 6.09 Å². The molecule has 1 heterocycles. The summed E-state index contributed by atoms with van der Waals surface area (Å²) in [5, 5.41) is 6.81. The first kappa shape index (κ1) is 14.4. The van der Waals surface area contributed by atoms with Gasteiger partial charge in [0.1, 0.15) is 0 Å². The molecule has 0 unspecified atom stereocenters. The molecule has 0 bridgehead atoms. The molecular weight excluding hydrogens is 287 g/mol. The van der Waals surface area contributed by atoms with Crippen molar-refractivity contribution in [2.24, 2.45) is 5.92 Å². The fourth-order valence-electron chi connectivity index (χ4n) is 1.98. The van der Waals surface area contributed by atoms with Gasteiger partial charge >= 0.3 is 6.09 Å². The molecule has 6 heteroatoms. The topological polar surface area (TPSA) is 50.4 Å². The number of hydrogen-bond acceptors (Lipinski definition) is 3. The number of halogens is 2. The van der Waals surface area contributed by atoms with Gasteiger partial charge in [0.25, 0.3) is 0 Å². The molecule has 0 aromatic heterocycles. The second-order valence-electron chi connectivity index (χ2n) is 4.54. The molecule has 104 valence electrons. The van der Waals surface area contributed by atoms with Crippen LogP contribution in [0.2, 0.25) is 10.0 Å². The van der Waals surface area contributed by atoms with Crippen molar-refractivity contribution >= 4 is 35.0 Å². The zero-order valence-electron chi connectivity index (χ0n) is 10.4. The van der Waals surface area contributed by atoms with Crippen LogP contribution in [0.4, 0.5) is 10.5 Å². The SMILES string of the molecule is O=C(Nc1cc(Cl)ccc1Cl)OCC1CCNCC1. The Labute approximate surface area is 122 Å². The van der Waals surface area contributed by atoms with Crippen molar-refractivity contribution in [1.29, 1.82) is 0 Å². The standard InChI is InChI=1S/C13H16Cl2N2O2/c14-10-1-2-11(15)12(7-10)17-13(18)19-8-9-3-5-16-6-4-9/h1-2,7,9,16H,3-6,8H2,(H,17,18). The van der Waals surface area contributed by atoms with Crippen LogP contribution < -0.4 is 10.6 Å². The fraction of sp³-hybridized carbons (Fsp3) is 0.462. The van der Waals surface area contributed by atoms with E-state index in [2.05, 4.69) is 10.6 Å². The minimum Gasteiger partial charge on any atom is -0.449 e. The second-order valence-corrected chi connectivity index (χ2v) is 5.38. The molecule has 1 aliphatic heterocycles. The molecule has 0 spiro atoms. The number of benzene rings is 1. The summed E-state index contributed by atoms with van der Waals surface area (Å²) in [6.07, 6.45) is 1.57. The third-order valence-electron chi connectivity index (χ3n) is 3.07. The minimum absolute atomic E-state index is 0.432. The van der Waals surface area contributed by atoms with Gasteiger partial charge < -0.3 is 10.1 Å². The van der Waals surface area contributed by atoms with Gasteiger partial charge in [0.05, 0.1) is 17.3 Å². The Bertz CT molecular complexity index is 448. The van der Waals surface area contributed by atoms with Crippen LogP contribution in [0.3, 0.4) is 0 Å². The molecule has 19 heavy (non-hydrogen) atoms. The van der Waals surface area contributed by atoms with Crippen molar-refractivity contribution in [3.05, 3.63) is 28.2 Å². The first-order chi connectivity index (χ1) is 9.15. The average Bonchev–Trinajstić information content (AvgIpc) is 2.42. The van der Waals surface area contributed by atoms with E-state index in [4.69, 9.17) is 27.9 Å². The van der Waals surface area contributed by atoms with Gasteiger partial charge in [-0.15, -0.1) is 0 Å². The summed E-state index contributed by atoms with van der Waals surface area (Å²) < 4.78 is 5.20. The number of nitrogens with one attached hydrogen (secondary N) is 2. The monoisotopic (exact) mass is 302 g/mol. The molecule has 1 fully saturated rings. The predicted molar refractivity (Wildman–Crippen MR) is 77.0 cm³/mol. The van der Waals surface area contributed by atoms with E-state index in [0.29, 0.717) is 28.3 Å². The van der Waals surface area contributed by atoms with Crippen LogP contribution in [0.5, 0.6) is 0 Å². The number of rotatable bonds is 3. The third-order valence-corrected chi connectivity index (χ3v) is 3.64. The summed E-state index contributed by atoms with van der Waals surface area (Å²) in [6, 6.07) is 4.89. The van der Waals surface area contributed by atoms with Gasteiger partial charge in [-0.1, -0.05) is 23.2 Å². The molecule has 1 saturated heterocycles. The van der Waals surface area contributed by atoms with E-state index in [9.17, 15) is 4.79 Å². The van der Waals surface area contributed by atoms with Crippen molar-refractivity contribution < 1.29 is 9.53 Å². The number of amides is 1. The van der Waals surface area contributed by atoms with E-state index >= 15 is 0 Å². The Morgan fingerprint density at radius 3 is 2.84 bits per heavy atom. The number of carbonyl (C=O) groups excluding carboxylic acids is 1. The molecule has 4 nitrogen and oxygen atoms in total. The minimum atomic E-state index is -0.498. The van der Waals surface area contributed by atoms with Crippen LogP contribution in [0, 0.1) is 5.92 Å². The lowest BCUT2D eigenvalue weighted by Crippen LogP contribution is -2.31. The number of carbonyl (C=O) groups is 1. The number of piperidine rings is 1. The smallest absolute Gasteiger partial charge is 0.411 e. The highest BCUT2D eigenvalue weighted by Crippen LogP contribution is 2.25. The quantitative estimate of drug-likeness (QED) is 0.898. The lowest BCUT2D eigenvalue weighted by Gasteiger charge is -2.22. The lowest BCUT2D eigenvalue weighted by atomic mass is 9.99. The van der Waals surface area contributed by atoms with Crippen LogP contribution in [0.15, 0.2) is 18.2 Å². The summed E-state index contributed by atoms with van der Waals surface area (Å²) in [6.45, 7) is 2.40. The van der Waals surface area contributed by atoms with E-state index in [1.54, 1.807) is 18.2 Å². The van der Waals surface area contributed by atoms with Crippen LogP contribution in [-0.4, -0.2) is 25.8 Å². The van der Waals surface area contributed by atoms with Crippen LogP contribution in [0.1, 0.15) is 12.8 Å². The van der Waals surface area contributed by atoms with Gasteiger partial charge in [-0.2, -0.15) is 0 Å². The molecule has 0 atom stereocenters. The summed E-state index contributed by atoms with van der Waals surface area (Å²) in [4.78, 5) is 11.7. The molecule has 0 saturated carbocycles. The van der Waals surface area contributed by atoms with Gasteiger partial charge in [0, 0.05) is 5.02 Å². The van der Waals surface area contributed by atoms with E-state index in [-0.39, 0.29) is 0 Å². The Morgan fingerprint density at radius 1 is 1.37 bits per heavy atom. The summed E-state index contributed by atoms with van der Waals surface area (Å²) >= 11 is 11.8. The normalized spacial score (nSPS) is 16.1. The largest absolute Gasteiger partial charge is 0.449 e. The highest BCUT2D eigenvalue weighted by molar-refractivity contribution is 6.35. The Hall–Kier alpha value is -0.970. The molecule has 1 aromatic carbocycles. The van der Waals surface area contributed by atoms with Crippen molar-refractivity contribution in [2.75, 3.05) is 25.0 Å². The van der Waals surface area contributed by atoms with Gasteiger partial charge in [-0.3, -0.25) is 5.32 Å². The number of hydrogen-bond donors (Lipinski definition) is 2. The van der Waals surface area contributed by atoms with Crippen molar-refractivity contribution in [3.8, 4) is 0 Å². The van der Waals surface area contributed by atoms with Crippen molar-refractivity contribution in [3.63, 3.8) is 0 Å². The van der Waals surface area contributed by atoms with Gasteiger partial charge in [0.2, 0.25) is 0 Å².